The van der Waals surface area contributed by atoms with Crippen LogP contribution in [0.25, 0.3) is 0 Å². The van der Waals surface area contributed by atoms with E-state index >= 15 is 0 Å². The fraction of sp³-hybridized carbons (Fsp3) is 0.579. The van der Waals surface area contributed by atoms with Crippen molar-refractivity contribution in [3.8, 4) is 0 Å². The van der Waals surface area contributed by atoms with Crippen LogP contribution in [0, 0.1) is 0 Å². The molecule has 130 valence electrons. The molecule has 2 N–H and O–H groups in total. The van der Waals surface area contributed by atoms with Gasteiger partial charge in [0.25, 0.3) is 0 Å². The molecule has 2 heterocycles. The Labute approximate surface area is 143 Å². The lowest BCUT2D eigenvalue weighted by atomic mass is 10.0. The molecule has 5 heteroatoms. The molecule has 0 spiro atoms. The number of anilines is 1. The molecule has 5 nitrogen and oxygen atoms in total. The summed E-state index contributed by atoms with van der Waals surface area (Å²) in [4.78, 5) is 26.1. The highest BCUT2D eigenvalue weighted by atomic mass is 16.2. The van der Waals surface area contributed by atoms with Crippen LogP contribution in [0.4, 0.5) is 5.69 Å². The second kappa shape index (κ2) is 7.79. The van der Waals surface area contributed by atoms with Crippen LogP contribution in [0.5, 0.6) is 0 Å². The molecule has 1 unspecified atom stereocenters. The van der Waals surface area contributed by atoms with Gasteiger partial charge in [-0.2, -0.15) is 0 Å². The van der Waals surface area contributed by atoms with Gasteiger partial charge in [-0.3, -0.25) is 9.59 Å². The van der Waals surface area contributed by atoms with E-state index in [0.29, 0.717) is 18.9 Å². The van der Waals surface area contributed by atoms with Gasteiger partial charge in [-0.05, 0) is 49.4 Å². The second-order valence-electron chi connectivity index (χ2n) is 6.80. The molecule has 1 saturated heterocycles. The minimum absolute atomic E-state index is 0.0673. The molecule has 0 bridgehead atoms. The number of aryl methyl sites for hydroxylation is 1. The Morgan fingerprint density at radius 3 is 3.00 bits per heavy atom. The summed E-state index contributed by atoms with van der Waals surface area (Å²) in [6, 6.07) is 6.50. The standard InChI is InChI=1S/C19H27N3O2/c1-2-10-22(16-8-9-20-13-16)19(24)5-3-4-14-6-7-17-15(11-14)12-18(23)21-17/h6-7,11,16,20H,2-5,8-10,12-13H2,1H3,(H,21,23). The first kappa shape index (κ1) is 17.0. The van der Waals surface area contributed by atoms with Gasteiger partial charge >= 0.3 is 0 Å². The smallest absolute Gasteiger partial charge is 0.228 e. The van der Waals surface area contributed by atoms with Crippen molar-refractivity contribution in [3.05, 3.63) is 29.3 Å². The normalized spacial score (nSPS) is 19.2. The predicted octanol–water partition coefficient (Wildman–Crippen LogP) is 2.10. The van der Waals surface area contributed by atoms with Gasteiger partial charge in [0.15, 0.2) is 0 Å². The first-order valence-electron chi connectivity index (χ1n) is 9.09. The van der Waals surface area contributed by atoms with Crippen LogP contribution >= 0.6 is 0 Å². The quantitative estimate of drug-likeness (QED) is 0.805. The fourth-order valence-electron chi connectivity index (χ4n) is 3.68. The molecule has 1 aromatic rings. The number of rotatable bonds is 7. The maximum atomic E-state index is 12.6. The average molecular weight is 329 g/mol. The van der Waals surface area contributed by atoms with Gasteiger partial charge in [-0.25, -0.2) is 0 Å². The minimum atomic E-state index is 0.0673. The Morgan fingerprint density at radius 1 is 1.38 bits per heavy atom. The van der Waals surface area contributed by atoms with Crippen molar-refractivity contribution in [1.82, 2.24) is 10.2 Å². The number of hydrogen-bond acceptors (Lipinski definition) is 3. The van der Waals surface area contributed by atoms with E-state index < -0.39 is 0 Å². The van der Waals surface area contributed by atoms with E-state index in [1.807, 2.05) is 6.07 Å². The molecule has 3 rings (SSSR count). The third-order valence-corrected chi connectivity index (χ3v) is 4.91. The summed E-state index contributed by atoms with van der Waals surface area (Å²) >= 11 is 0. The third-order valence-electron chi connectivity index (χ3n) is 4.91. The molecule has 0 radical (unpaired) electrons. The van der Waals surface area contributed by atoms with Gasteiger partial charge in [0.1, 0.15) is 0 Å². The summed E-state index contributed by atoms with van der Waals surface area (Å²) in [5.74, 6) is 0.348. The van der Waals surface area contributed by atoms with Gasteiger partial charge in [0, 0.05) is 31.2 Å². The van der Waals surface area contributed by atoms with Crippen LogP contribution in [0.3, 0.4) is 0 Å². The largest absolute Gasteiger partial charge is 0.338 e. The van der Waals surface area contributed by atoms with Crippen molar-refractivity contribution in [1.29, 1.82) is 0 Å². The molecule has 0 aliphatic carbocycles. The molecule has 0 saturated carbocycles. The summed E-state index contributed by atoms with van der Waals surface area (Å²) in [5.41, 5.74) is 3.22. The average Bonchev–Trinajstić information content (AvgIpc) is 3.20. The van der Waals surface area contributed by atoms with Crippen molar-refractivity contribution < 1.29 is 9.59 Å². The third kappa shape index (κ3) is 3.96. The number of nitrogens with zero attached hydrogens (tertiary/aromatic N) is 1. The zero-order chi connectivity index (χ0) is 16.9. The van der Waals surface area contributed by atoms with Crippen LogP contribution in [-0.4, -0.2) is 42.4 Å². The molecule has 1 fully saturated rings. The predicted molar refractivity (Wildman–Crippen MR) is 95.0 cm³/mol. The highest BCUT2D eigenvalue weighted by Gasteiger charge is 2.25. The highest BCUT2D eigenvalue weighted by molar-refractivity contribution is 5.99. The second-order valence-corrected chi connectivity index (χ2v) is 6.80. The summed E-state index contributed by atoms with van der Waals surface area (Å²) in [7, 11) is 0. The molecular weight excluding hydrogens is 302 g/mol. The lowest BCUT2D eigenvalue weighted by Crippen LogP contribution is -2.42. The summed E-state index contributed by atoms with van der Waals surface area (Å²) < 4.78 is 0. The number of carbonyl (C=O) groups excluding carboxylic acids is 2. The van der Waals surface area contributed by atoms with E-state index in [1.165, 1.54) is 5.56 Å². The zero-order valence-electron chi connectivity index (χ0n) is 14.4. The number of carbonyl (C=O) groups is 2. The number of amides is 2. The maximum Gasteiger partial charge on any atom is 0.228 e. The van der Waals surface area contributed by atoms with Gasteiger partial charge in [-0.15, -0.1) is 0 Å². The molecular formula is C19H27N3O2. The van der Waals surface area contributed by atoms with Gasteiger partial charge in [0.05, 0.1) is 6.42 Å². The van der Waals surface area contributed by atoms with E-state index in [1.54, 1.807) is 0 Å². The van der Waals surface area contributed by atoms with Crippen LogP contribution in [0.1, 0.15) is 43.7 Å². The molecule has 1 atom stereocenters. The number of fused-ring (bicyclic) bond motifs is 1. The van der Waals surface area contributed by atoms with Gasteiger partial charge in [-0.1, -0.05) is 19.1 Å². The topological polar surface area (TPSA) is 61.4 Å². The van der Waals surface area contributed by atoms with Crippen LogP contribution in [0.2, 0.25) is 0 Å². The lowest BCUT2D eigenvalue weighted by molar-refractivity contribution is -0.133. The summed E-state index contributed by atoms with van der Waals surface area (Å²) in [6.45, 7) is 4.93. The highest BCUT2D eigenvalue weighted by Crippen LogP contribution is 2.24. The van der Waals surface area contributed by atoms with Crippen LogP contribution < -0.4 is 10.6 Å². The molecule has 2 aliphatic heterocycles. The SMILES string of the molecule is CCCN(C(=O)CCCc1ccc2c(c1)CC(=O)N2)C1CCNC1. The number of nitrogens with one attached hydrogen (secondary N) is 2. The van der Waals surface area contributed by atoms with Crippen molar-refractivity contribution >= 4 is 17.5 Å². The van der Waals surface area contributed by atoms with Crippen molar-refractivity contribution in [3.63, 3.8) is 0 Å². The molecule has 1 aromatic carbocycles. The van der Waals surface area contributed by atoms with E-state index in [9.17, 15) is 9.59 Å². The van der Waals surface area contributed by atoms with E-state index in [4.69, 9.17) is 0 Å². The molecule has 24 heavy (non-hydrogen) atoms. The van der Waals surface area contributed by atoms with Crippen molar-refractivity contribution in [2.45, 2.75) is 51.5 Å². The number of benzene rings is 1. The monoisotopic (exact) mass is 329 g/mol. The Balaban J connectivity index is 1.51. The van der Waals surface area contributed by atoms with Crippen LogP contribution in [0.15, 0.2) is 18.2 Å². The van der Waals surface area contributed by atoms with Crippen LogP contribution in [-0.2, 0) is 22.4 Å². The van der Waals surface area contributed by atoms with Gasteiger partial charge < -0.3 is 15.5 Å². The van der Waals surface area contributed by atoms with E-state index in [-0.39, 0.29) is 11.8 Å². The Bertz CT molecular complexity index is 609. The first-order valence-corrected chi connectivity index (χ1v) is 9.09. The Kier molecular flexibility index (Phi) is 5.51. The number of hydrogen-bond donors (Lipinski definition) is 2. The van der Waals surface area contributed by atoms with Crippen molar-refractivity contribution in [2.75, 3.05) is 25.0 Å². The summed E-state index contributed by atoms with van der Waals surface area (Å²) in [6.07, 6.45) is 4.90. The van der Waals surface area contributed by atoms with E-state index in [0.717, 1.165) is 56.6 Å². The maximum absolute atomic E-state index is 12.6. The molecule has 2 amide bonds. The zero-order valence-corrected chi connectivity index (χ0v) is 14.4. The minimum Gasteiger partial charge on any atom is -0.338 e. The molecule has 2 aliphatic rings. The summed E-state index contributed by atoms with van der Waals surface area (Å²) in [5, 5.41) is 6.20. The van der Waals surface area contributed by atoms with E-state index in [2.05, 4.69) is 34.6 Å². The van der Waals surface area contributed by atoms with Gasteiger partial charge in [0.2, 0.25) is 11.8 Å². The Hall–Kier alpha value is -1.88. The van der Waals surface area contributed by atoms with Crippen molar-refractivity contribution in [2.24, 2.45) is 0 Å². The Morgan fingerprint density at radius 2 is 2.25 bits per heavy atom. The first-order chi connectivity index (χ1) is 11.7. The molecule has 0 aromatic heterocycles. The fourth-order valence-corrected chi connectivity index (χ4v) is 3.68. The lowest BCUT2D eigenvalue weighted by Gasteiger charge is -2.28.